The van der Waals surface area contributed by atoms with Crippen LogP contribution >= 0.6 is 11.8 Å². The van der Waals surface area contributed by atoms with Gasteiger partial charge in [0.2, 0.25) is 12.7 Å². The van der Waals surface area contributed by atoms with E-state index in [4.69, 9.17) is 18.9 Å². The molecular weight excluding hydrogens is 458 g/mol. The molecule has 10 nitrogen and oxygen atoms in total. The van der Waals surface area contributed by atoms with Gasteiger partial charge in [-0.25, -0.2) is 0 Å². The van der Waals surface area contributed by atoms with Gasteiger partial charge < -0.3 is 24.3 Å². The van der Waals surface area contributed by atoms with Crippen molar-refractivity contribution in [1.82, 2.24) is 25.1 Å². The van der Waals surface area contributed by atoms with Gasteiger partial charge in [0.05, 0.1) is 20.0 Å². The highest BCUT2D eigenvalue weighted by Gasteiger charge is 2.15. The molecule has 4 aromatic rings. The van der Waals surface area contributed by atoms with Gasteiger partial charge in [-0.2, -0.15) is 9.61 Å². The molecule has 1 amide bonds. The molecule has 5 rings (SSSR count). The van der Waals surface area contributed by atoms with E-state index in [0.29, 0.717) is 46.0 Å². The first-order valence-corrected chi connectivity index (χ1v) is 11.4. The number of hydrogen-bond acceptors (Lipinski definition) is 9. The molecule has 1 N–H and O–H groups in total. The van der Waals surface area contributed by atoms with Gasteiger partial charge in [0, 0.05) is 12.1 Å². The van der Waals surface area contributed by atoms with E-state index < -0.39 is 0 Å². The van der Waals surface area contributed by atoms with Crippen LogP contribution in [0, 0.1) is 0 Å². The molecule has 0 atom stereocenters. The molecule has 2 aromatic carbocycles. The lowest BCUT2D eigenvalue weighted by molar-refractivity contribution is -0.118. The number of aromatic nitrogens is 4. The summed E-state index contributed by atoms with van der Waals surface area (Å²) in [6, 6.07) is 14.7. The summed E-state index contributed by atoms with van der Waals surface area (Å²) >= 11 is 1.33. The summed E-state index contributed by atoms with van der Waals surface area (Å²) in [6.07, 6.45) is 0. The SMILES string of the molecule is COc1ccc(-c2nnc3ccc(SCC(=O)NCc4ccc5c(c4)OCO5)nn23)cc1OC. The van der Waals surface area contributed by atoms with Crippen LogP contribution in [-0.2, 0) is 11.3 Å². The lowest BCUT2D eigenvalue weighted by atomic mass is 10.2. The zero-order chi connectivity index (χ0) is 23.5. The Balaban J connectivity index is 1.25. The van der Waals surface area contributed by atoms with Crippen molar-refractivity contribution in [1.29, 1.82) is 0 Å². The minimum Gasteiger partial charge on any atom is -0.493 e. The second kappa shape index (κ2) is 9.48. The van der Waals surface area contributed by atoms with Crippen LogP contribution in [0.15, 0.2) is 53.6 Å². The Hall–Kier alpha value is -3.99. The zero-order valence-electron chi connectivity index (χ0n) is 18.5. The molecule has 34 heavy (non-hydrogen) atoms. The second-order valence-electron chi connectivity index (χ2n) is 7.29. The van der Waals surface area contributed by atoms with E-state index in [1.54, 1.807) is 24.8 Å². The zero-order valence-corrected chi connectivity index (χ0v) is 19.3. The molecule has 2 aromatic heterocycles. The maximum atomic E-state index is 12.4. The van der Waals surface area contributed by atoms with Crippen molar-refractivity contribution in [3.05, 3.63) is 54.1 Å². The molecule has 0 radical (unpaired) electrons. The van der Waals surface area contributed by atoms with Crippen molar-refractivity contribution in [2.24, 2.45) is 0 Å². The van der Waals surface area contributed by atoms with Gasteiger partial charge in [-0.3, -0.25) is 4.79 Å². The molecular formula is C23H21N5O5S. The first-order valence-electron chi connectivity index (χ1n) is 10.4. The van der Waals surface area contributed by atoms with Crippen LogP contribution in [0.4, 0.5) is 0 Å². The number of fused-ring (bicyclic) bond motifs is 2. The average Bonchev–Trinajstić information content (AvgIpc) is 3.52. The van der Waals surface area contributed by atoms with Crippen molar-refractivity contribution >= 4 is 23.3 Å². The molecule has 0 saturated carbocycles. The maximum Gasteiger partial charge on any atom is 0.231 e. The van der Waals surface area contributed by atoms with E-state index >= 15 is 0 Å². The average molecular weight is 480 g/mol. The summed E-state index contributed by atoms with van der Waals surface area (Å²) in [5.74, 6) is 3.29. The third-order valence-corrected chi connectivity index (χ3v) is 6.08. The van der Waals surface area contributed by atoms with E-state index in [2.05, 4.69) is 20.6 Å². The molecule has 0 fully saturated rings. The summed E-state index contributed by atoms with van der Waals surface area (Å²) in [5.41, 5.74) is 2.31. The molecule has 0 bridgehead atoms. The summed E-state index contributed by atoms with van der Waals surface area (Å²) in [6.45, 7) is 0.622. The molecule has 0 saturated heterocycles. The lowest BCUT2D eigenvalue weighted by Crippen LogP contribution is -2.24. The quantitative estimate of drug-likeness (QED) is 0.382. The van der Waals surface area contributed by atoms with Gasteiger partial charge in [0.15, 0.2) is 34.5 Å². The van der Waals surface area contributed by atoms with Crippen LogP contribution in [0.3, 0.4) is 0 Å². The van der Waals surface area contributed by atoms with Gasteiger partial charge in [-0.05, 0) is 48.0 Å². The highest BCUT2D eigenvalue weighted by molar-refractivity contribution is 7.99. The van der Waals surface area contributed by atoms with Crippen molar-refractivity contribution in [2.75, 3.05) is 26.8 Å². The van der Waals surface area contributed by atoms with Gasteiger partial charge in [0.25, 0.3) is 0 Å². The molecule has 3 heterocycles. The Labute approximate surface area is 199 Å². The number of methoxy groups -OCH3 is 2. The van der Waals surface area contributed by atoms with E-state index in [0.717, 1.165) is 11.1 Å². The normalized spacial score (nSPS) is 12.1. The largest absolute Gasteiger partial charge is 0.493 e. The smallest absolute Gasteiger partial charge is 0.231 e. The summed E-state index contributed by atoms with van der Waals surface area (Å²) in [5, 5.41) is 16.7. The van der Waals surface area contributed by atoms with Crippen LogP contribution < -0.4 is 24.3 Å². The number of hydrogen-bond donors (Lipinski definition) is 1. The standard InChI is InChI=1S/C23H21N5O5S/c1-30-16-6-4-15(10-18(16)31-2)23-26-25-20-7-8-22(27-28(20)23)34-12-21(29)24-11-14-3-5-17-19(9-14)33-13-32-17/h3-10H,11-13H2,1-2H3,(H,24,29). The predicted octanol–water partition coefficient (Wildman–Crippen LogP) is 2.95. The molecule has 0 spiro atoms. The summed E-state index contributed by atoms with van der Waals surface area (Å²) in [7, 11) is 3.16. The number of carbonyl (C=O) groups excluding carboxylic acids is 1. The Morgan fingerprint density at radius 3 is 2.74 bits per heavy atom. The van der Waals surface area contributed by atoms with Gasteiger partial charge >= 0.3 is 0 Å². The highest BCUT2D eigenvalue weighted by Crippen LogP contribution is 2.33. The van der Waals surface area contributed by atoms with Crippen LogP contribution in [0.25, 0.3) is 17.0 Å². The van der Waals surface area contributed by atoms with Crippen LogP contribution in [0.5, 0.6) is 23.0 Å². The van der Waals surface area contributed by atoms with Crippen molar-refractivity contribution in [3.8, 4) is 34.4 Å². The molecule has 0 unspecified atom stereocenters. The number of benzene rings is 2. The van der Waals surface area contributed by atoms with E-state index in [1.165, 1.54) is 11.8 Å². The number of thioether (sulfide) groups is 1. The summed E-state index contributed by atoms with van der Waals surface area (Å²) in [4.78, 5) is 12.4. The van der Waals surface area contributed by atoms with Gasteiger partial charge in [-0.15, -0.1) is 10.2 Å². The number of carbonyl (C=O) groups is 1. The topological polar surface area (TPSA) is 109 Å². The fraction of sp³-hybridized carbons (Fsp3) is 0.217. The highest BCUT2D eigenvalue weighted by atomic mass is 32.2. The number of nitrogens with zero attached hydrogens (tertiary/aromatic N) is 4. The first kappa shape index (κ1) is 21.8. The minimum absolute atomic E-state index is 0.103. The van der Waals surface area contributed by atoms with Crippen LogP contribution in [-0.4, -0.2) is 52.5 Å². The number of ether oxygens (including phenoxy) is 4. The molecule has 1 aliphatic rings. The van der Waals surface area contributed by atoms with Crippen LogP contribution in [0.2, 0.25) is 0 Å². The Kier molecular flexibility index (Phi) is 6.09. The van der Waals surface area contributed by atoms with Gasteiger partial charge in [-0.1, -0.05) is 17.8 Å². The van der Waals surface area contributed by atoms with Crippen molar-refractivity contribution < 1.29 is 23.7 Å². The fourth-order valence-corrected chi connectivity index (χ4v) is 4.13. The van der Waals surface area contributed by atoms with Crippen molar-refractivity contribution in [3.63, 3.8) is 0 Å². The monoisotopic (exact) mass is 479 g/mol. The maximum absolute atomic E-state index is 12.4. The third kappa shape index (κ3) is 4.42. The Morgan fingerprint density at radius 2 is 1.88 bits per heavy atom. The minimum atomic E-state index is -0.103. The third-order valence-electron chi connectivity index (χ3n) is 5.16. The number of nitrogens with one attached hydrogen (secondary N) is 1. The van der Waals surface area contributed by atoms with Crippen molar-refractivity contribution in [2.45, 2.75) is 11.6 Å². The number of rotatable bonds is 8. The molecule has 174 valence electrons. The summed E-state index contributed by atoms with van der Waals surface area (Å²) < 4.78 is 23.0. The van der Waals surface area contributed by atoms with Crippen LogP contribution in [0.1, 0.15) is 5.56 Å². The lowest BCUT2D eigenvalue weighted by Gasteiger charge is -2.09. The molecule has 0 aliphatic carbocycles. The second-order valence-corrected chi connectivity index (χ2v) is 8.28. The van der Waals surface area contributed by atoms with E-state index in [9.17, 15) is 4.79 Å². The van der Waals surface area contributed by atoms with Gasteiger partial charge in [0.1, 0.15) is 5.03 Å². The first-order chi connectivity index (χ1) is 16.6. The Bertz CT molecular complexity index is 1360. The number of amides is 1. The predicted molar refractivity (Wildman–Crippen MR) is 124 cm³/mol. The Morgan fingerprint density at radius 1 is 1.03 bits per heavy atom. The van der Waals surface area contributed by atoms with E-state index in [1.807, 2.05) is 42.5 Å². The van der Waals surface area contributed by atoms with E-state index in [-0.39, 0.29) is 18.5 Å². The molecule has 1 aliphatic heterocycles. The fourth-order valence-electron chi connectivity index (χ4n) is 3.45. The molecule has 11 heteroatoms.